The van der Waals surface area contributed by atoms with Crippen molar-refractivity contribution >= 4 is 27.3 Å². The predicted molar refractivity (Wildman–Crippen MR) is 111 cm³/mol. The largest absolute Gasteiger partial charge is 0.858 e. The third-order valence-corrected chi connectivity index (χ3v) is 5.83. The molecule has 1 N–H and O–H groups in total. The molecule has 0 atom stereocenters. The van der Waals surface area contributed by atoms with E-state index in [4.69, 9.17) is 0 Å². The Bertz CT molecular complexity index is 1120. The van der Waals surface area contributed by atoms with Crippen LogP contribution in [0.3, 0.4) is 0 Å². The summed E-state index contributed by atoms with van der Waals surface area (Å²) in [5, 5.41) is 12.3. The lowest BCUT2D eigenvalue weighted by Gasteiger charge is -2.13. The number of nitrogens with one attached hydrogen (secondary N) is 1. The Morgan fingerprint density at radius 1 is 0.857 bits per heavy atom. The molecule has 0 aromatic heterocycles. The molecule has 0 radical (unpaired) electrons. The fourth-order valence-corrected chi connectivity index (χ4v) is 3.65. The minimum Gasteiger partial charge on any atom is -0.858 e. The van der Waals surface area contributed by atoms with Gasteiger partial charge in [-0.05, 0) is 79.8 Å². The normalized spacial score (nSPS) is 12.0. The molecular formula is C22H21N2O3S-. The molecule has 0 heterocycles. The lowest BCUT2D eigenvalue weighted by Crippen LogP contribution is -2.18. The molecular weight excluding hydrogens is 372 g/mol. The van der Waals surface area contributed by atoms with Crippen molar-refractivity contribution in [1.29, 1.82) is 0 Å². The molecule has 0 aliphatic rings. The minimum atomic E-state index is -3.67. The molecule has 28 heavy (non-hydrogen) atoms. The third kappa shape index (κ3) is 4.58. The van der Waals surface area contributed by atoms with E-state index in [2.05, 4.69) is 9.71 Å². The van der Waals surface area contributed by atoms with E-state index in [1.165, 1.54) is 0 Å². The fraction of sp³-hybridized carbons (Fsp3) is 0.136. The van der Waals surface area contributed by atoms with E-state index in [0.29, 0.717) is 16.9 Å². The summed E-state index contributed by atoms with van der Waals surface area (Å²) in [5.74, 6) is -0.337. The van der Waals surface area contributed by atoms with Crippen molar-refractivity contribution in [3.05, 3.63) is 89.0 Å². The van der Waals surface area contributed by atoms with E-state index < -0.39 is 10.0 Å². The van der Waals surface area contributed by atoms with Gasteiger partial charge in [-0.25, -0.2) is 8.42 Å². The van der Waals surface area contributed by atoms with Gasteiger partial charge in [-0.1, -0.05) is 35.9 Å². The zero-order valence-corrected chi connectivity index (χ0v) is 16.7. The maximum Gasteiger partial charge on any atom is 0.261 e. The number of nitrogens with zero attached hydrogens (tertiary/aromatic N) is 1. The fourth-order valence-electron chi connectivity index (χ4n) is 2.59. The van der Waals surface area contributed by atoms with Crippen LogP contribution in [-0.4, -0.2) is 14.3 Å². The van der Waals surface area contributed by atoms with Gasteiger partial charge in [0.15, 0.2) is 0 Å². The maximum atomic E-state index is 12.4. The van der Waals surface area contributed by atoms with E-state index in [1.54, 1.807) is 54.6 Å². The molecule has 0 saturated heterocycles. The van der Waals surface area contributed by atoms with Crippen LogP contribution in [0.25, 0.3) is 0 Å². The molecule has 6 heteroatoms. The molecule has 0 spiro atoms. The first-order valence-electron chi connectivity index (χ1n) is 8.77. The summed E-state index contributed by atoms with van der Waals surface area (Å²) in [6.45, 7) is 5.82. The van der Waals surface area contributed by atoms with Crippen LogP contribution in [-0.2, 0) is 10.0 Å². The summed E-state index contributed by atoms with van der Waals surface area (Å²) < 4.78 is 27.4. The number of anilines is 1. The van der Waals surface area contributed by atoms with Crippen LogP contribution in [0.5, 0.6) is 0 Å². The molecule has 0 saturated carbocycles. The molecule has 0 aliphatic heterocycles. The smallest absolute Gasteiger partial charge is 0.261 e. The van der Waals surface area contributed by atoms with Crippen LogP contribution in [0.4, 0.5) is 11.4 Å². The van der Waals surface area contributed by atoms with Crippen molar-refractivity contribution < 1.29 is 13.5 Å². The molecule has 0 aliphatic carbocycles. The van der Waals surface area contributed by atoms with Crippen molar-refractivity contribution in [3.63, 3.8) is 0 Å². The molecule has 0 amide bonds. The lowest BCUT2D eigenvalue weighted by molar-refractivity contribution is -0.212. The first-order chi connectivity index (χ1) is 13.2. The van der Waals surface area contributed by atoms with Crippen molar-refractivity contribution in [2.75, 3.05) is 4.72 Å². The first-order valence-corrected chi connectivity index (χ1v) is 10.3. The number of rotatable bonds is 5. The molecule has 5 nitrogen and oxygen atoms in total. The summed E-state index contributed by atoms with van der Waals surface area (Å²) in [5.41, 5.74) is 4.51. The number of aryl methyl sites for hydroxylation is 3. The van der Waals surface area contributed by atoms with Gasteiger partial charge < -0.3 is 5.11 Å². The molecule has 3 aromatic rings. The Hall–Kier alpha value is -3.12. The molecule has 3 aromatic carbocycles. The van der Waals surface area contributed by atoms with Crippen molar-refractivity contribution in [2.24, 2.45) is 4.99 Å². The summed E-state index contributed by atoms with van der Waals surface area (Å²) in [6.07, 6.45) is 0. The molecule has 0 unspecified atom stereocenters. The second kappa shape index (κ2) is 7.86. The summed E-state index contributed by atoms with van der Waals surface area (Å²) in [7, 11) is -3.67. The van der Waals surface area contributed by atoms with E-state index >= 15 is 0 Å². The van der Waals surface area contributed by atoms with Crippen LogP contribution in [0.1, 0.15) is 22.3 Å². The van der Waals surface area contributed by atoms with Crippen LogP contribution in [0.2, 0.25) is 0 Å². The van der Waals surface area contributed by atoms with Crippen LogP contribution >= 0.6 is 0 Å². The van der Waals surface area contributed by atoms with Crippen molar-refractivity contribution in [2.45, 2.75) is 25.7 Å². The highest BCUT2D eigenvalue weighted by atomic mass is 32.2. The summed E-state index contributed by atoms with van der Waals surface area (Å²) >= 11 is 0. The Balaban J connectivity index is 1.77. The highest BCUT2D eigenvalue weighted by molar-refractivity contribution is 7.92. The van der Waals surface area contributed by atoms with E-state index in [0.717, 1.165) is 16.7 Å². The maximum absolute atomic E-state index is 12.4. The predicted octanol–water partition coefficient (Wildman–Crippen LogP) is 3.85. The minimum absolute atomic E-state index is 0.191. The monoisotopic (exact) mass is 393 g/mol. The topological polar surface area (TPSA) is 81.6 Å². The summed E-state index contributed by atoms with van der Waals surface area (Å²) in [4.78, 5) is 4.28. The molecule has 144 valence electrons. The highest BCUT2D eigenvalue weighted by Gasteiger charge is 2.13. The molecule has 3 rings (SSSR count). The molecule has 0 bridgehead atoms. The van der Waals surface area contributed by atoms with E-state index in [1.807, 2.05) is 32.9 Å². The van der Waals surface area contributed by atoms with Gasteiger partial charge in [0.25, 0.3) is 10.0 Å². The first kappa shape index (κ1) is 19.6. The Kier molecular flexibility index (Phi) is 5.51. The number of sulfonamides is 1. The van der Waals surface area contributed by atoms with E-state index in [9.17, 15) is 13.5 Å². The standard InChI is InChI=1S/C22H22N2O3S/c1-15-4-12-21(13-5-15)28(26,27)24-20-10-8-19(9-11-20)23-22(25)18-7-6-16(2)17(3)14-18/h4-14,24H,1-3H3,(H,23,25)/p-1. The summed E-state index contributed by atoms with van der Waals surface area (Å²) in [6, 6.07) is 18.4. The second-order valence-electron chi connectivity index (χ2n) is 6.68. The quantitative estimate of drug-likeness (QED) is 0.528. The van der Waals surface area contributed by atoms with Gasteiger partial charge in [0.1, 0.15) is 0 Å². The van der Waals surface area contributed by atoms with Gasteiger partial charge in [-0.3, -0.25) is 9.71 Å². The second-order valence-corrected chi connectivity index (χ2v) is 8.36. The number of benzene rings is 3. The zero-order valence-electron chi connectivity index (χ0n) is 15.9. The Morgan fingerprint density at radius 3 is 2.11 bits per heavy atom. The van der Waals surface area contributed by atoms with Gasteiger partial charge in [0.2, 0.25) is 0 Å². The van der Waals surface area contributed by atoms with Gasteiger partial charge in [0.05, 0.1) is 10.6 Å². The van der Waals surface area contributed by atoms with Gasteiger partial charge in [-0.15, -0.1) is 0 Å². The number of hydrogen-bond acceptors (Lipinski definition) is 4. The number of aliphatic imine (C=N–C) groups is 1. The van der Waals surface area contributed by atoms with Crippen molar-refractivity contribution in [3.8, 4) is 0 Å². The van der Waals surface area contributed by atoms with Gasteiger partial charge >= 0.3 is 0 Å². The zero-order chi connectivity index (χ0) is 20.3. The van der Waals surface area contributed by atoms with Gasteiger partial charge in [0, 0.05) is 5.69 Å². The average molecular weight is 393 g/mol. The van der Waals surface area contributed by atoms with Crippen molar-refractivity contribution in [1.82, 2.24) is 0 Å². The molecule has 0 fully saturated rings. The SMILES string of the molecule is Cc1ccc(S(=O)(=O)Nc2ccc(N=C([O-])c3ccc(C)c(C)c3)cc2)cc1. The Labute approximate surface area is 165 Å². The third-order valence-electron chi connectivity index (χ3n) is 4.44. The van der Waals surface area contributed by atoms with Crippen LogP contribution in [0, 0.1) is 20.8 Å². The van der Waals surface area contributed by atoms with Crippen LogP contribution in [0.15, 0.2) is 76.6 Å². The lowest BCUT2D eigenvalue weighted by atomic mass is 10.1. The van der Waals surface area contributed by atoms with Crippen LogP contribution < -0.4 is 9.83 Å². The highest BCUT2D eigenvalue weighted by Crippen LogP contribution is 2.21. The van der Waals surface area contributed by atoms with Gasteiger partial charge in [-0.2, -0.15) is 0 Å². The average Bonchev–Trinajstić information content (AvgIpc) is 2.65. The Morgan fingerprint density at radius 2 is 1.50 bits per heavy atom. The number of hydrogen-bond donors (Lipinski definition) is 1. The van der Waals surface area contributed by atoms with E-state index in [-0.39, 0.29) is 10.8 Å².